The molecule has 0 saturated carbocycles. The molecular formula is C26H21BrClN3O5. The fourth-order valence-corrected chi connectivity index (χ4v) is 4.44. The summed E-state index contributed by atoms with van der Waals surface area (Å²) in [5.74, 6) is 2.77. The highest BCUT2D eigenvalue weighted by Crippen LogP contribution is 2.38. The molecule has 184 valence electrons. The number of nitrogens with zero attached hydrogens (tertiary/aromatic N) is 3. The average molecular weight is 571 g/mol. The quantitative estimate of drug-likeness (QED) is 0.270. The van der Waals surface area contributed by atoms with Gasteiger partial charge in [-0.1, -0.05) is 40.5 Å². The number of halogens is 2. The van der Waals surface area contributed by atoms with Crippen LogP contribution in [-0.2, 0) is 13.0 Å². The molecule has 4 aromatic rings. The molecule has 0 amide bonds. The van der Waals surface area contributed by atoms with Gasteiger partial charge in [-0.15, -0.1) is 0 Å². The third kappa shape index (κ3) is 4.76. The molecule has 2 heterocycles. The van der Waals surface area contributed by atoms with Crippen LogP contribution in [0, 0.1) is 0 Å². The SMILES string of the molecule is CCc1nc2ccc(Br)cc2c(=O)n1N=Cc1cc(Cl)c(OCc2ccc3c(c2)OCO3)c(OC)c1. The van der Waals surface area contributed by atoms with Crippen LogP contribution >= 0.6 is 27.5 Å². The van der Waals surface area contributed by atoms with Crippen LogP contribution in [0.15, 0.2) is 62.9 Å². The van der Waals surface area contributed by atoms with Gasteiger partial charge >= 0.3 is 0 Å². The summed E-state index contributed by atoms with van der Waals surface area (Å²) in [7, 11) is 1.53. The third-order valence-electron chi connectivity index (χ3n) is 5.59. The lowest BCUT2D eigenvalue weighted by molar-refractivity contribution is 0.174. The number of hydrogen-bond acceptors (Lipinski definition) is 7. The van der Waals surface area contributed by atoms with Crippen LogP contribution in [0.3, 0.4) is 0 Å². The molecule has 0 bridgehead atoms. The normalized spacial score (nSPS) is 12.4. The molecular weight excluding hydrogens is 550 g/mol. The Morgan fingerprint density at radius 2 is 2.00 bits per heavy atom. The highest BCUT2D eigenvalue weighted by atomic mass is 79.9. The molecule has 36 heavy (non-hydrogen) atoms. The van der Waals surface area contributed by atoms with Gasteiger partial charge in [-0.05, 0) is 53.6 Å². The zero-order chi connectivity index (χ0) is 25.2. The second-order valence-corrected chi connectivity index (χ2v) is 9.24. The van der Waals surface area contributed by atoms with Crippen LogP contribution in [0.2, 0.25) is 5.02 Å². The number of aryl methyl sites for hydroxylation is 1. The van der Waals surface area contributed by atoms with Crippen molar-refractivity contribution in [3.05, 3.63) is 85.3 Å². The summed E-state index contributed by atoms with van der Waals surface area (Å²) < 4.78 is 24.4. The fourth-order valence-electron chi connectivity index (χ4n) is 3.81. The molecule has 10 heteroatoms. The number of rotatable bonds is 7. The van der Waals surface area contributed by atoms with E-state index in [1.807, 2.05) is 31.2 Å². The Morgan fingerprint density at radius 3 is 2.81 bits per heavy atom. The molecule has 0 fully saturated rings. The molecule has 0 radical (unpaired) electrons. The Morgan fingerprint density at radius 1 is 1.17 bits per heavy atom. The van der Waals surface area contributed by atoms with E-state index in [-0.39, 0.29) is 19.0 Å². The van der Waals surface area contributed by atoms with Crippen molar-refractivity contribution in [1.82, 2.24) is 9.66 Å². The van der Waals surface area contributed by atoms with E-state index in [4.69, 9.17) is 30.5 Å². The monoisotopic (exact) mass is 569 g/mol. The van der Waals surface area contributed by atoms with Crippen molar-refractivity contribution >= 4 is 44.6 Å². The molecule has 1 aromatic heterocycles. The van der Waals surface area contributed by atoms with Gasteiger partial charge in [0.15, 0.2) is 23.0 Å². The van der Waals surface area contributed by atoms with Crippen LogP contribution in [-0.4, -0.2) is 29.8 Å². The maximum absolute atomic E-state index is 13.1. The van der Waals surface area contributed by atoms with Gasteiger partial charge in [0.05, 0.1) is 29.2 Å². The van der Waals surface area contributed by atoms with E-state index in [1.54, 1.807) is 30.5 Å². The van der Waals surface area contributed by atoms with E-state index in [1.165, 1.54) is 11.8 Å². The molecule has 5 rings (SSSR count). The fraction of sp³-hybridized carbons (Fsp3) is 0.192. The summed E-state index contributed by atoms with van der Waals surface area (Å²) in [6.07, 6.45) is 2.08. The lowest BCUT2D eigenvalue weighted by Crippen LogP contribution is -2.22. The molecule has 0 saturated heterocycles. The number of benzene rings is 3. The second kappa shape index (κ2) is 10.2. The predicted octanol–water partition coefficient (Wildman–Crippen LogP) is 5.57. The lowest BCUT2D eigenvalue weighted by Gasteiger charge is -2.14. The molecule has 0 spiro atoms. The minimum atomic E-state index is -0.254. The zero-order valence-corrected chi connectivity index (χ0v) is 21.8. The smallest absolute Gasteiger partial charge is 0.282 e. The zero-order valence-electron chi connectivity index (χ0n) is 19.5. The van der Waals surface area contributed by atoms with E-state index < -0.39 is 0 Å². The Kier molecular flexibility index (Phi) is 6.84. The lowest BCUT2D eigenvalue weighted by atomic mass is 10.2. The molecule has 0 atom stereocenters. The first-order chi connectivity index (χ1) is 17.5. The van der Waals surface area contributed by atoms with Crippen molar-refractivity contribution in [2.45, 2.75) is 20.0 Å². The van der Waals surface area contributed by atoms with Gasteiger partial charge in [-0.3, -0.25) is 4.79 Å². The maximum Gasteiger partial charge on any atom is 0.282 e. The Hall–Kier alpha value is -3.56. The van der Waals surface area contributed by atoms with E-state index >= 15 is 0 Å². The highest BCUT2D eigenvalue weighted by Gasteiger charge is 2.16. The van der Waals surface area contributed by atoms with Crippen molar-refractivity contribution in [3.8, 4) is 23.0 Å². The number of hydrogen-bond donors (Lipinski definition) is 0. The van der Waals surface area contributed by atoms with Gasteiger partial charge in [0.2, 0.25) is 6.79 Å². The average Bonchev–Trinajstić information content (AvgIpc) is 3.35. The Balaban J connectivity index is 1.42. The molecule has 1 aliphatic rings. The van der Waals surface area contributed by atoms with Crippen LogP contribution < -0.4 is 24.5 Å². The van der Waals surface area contributed by atoms with Crippen molar-refractivity contribution in [2.24, 2.45) is 5.10 Å². The summed E-state index contributed by atoms with van der Waals surface area (Å²) >= 11 is 9.95. The van der Waals surface area contributed by atoms with Crippen molar-refractivity contribution in [1.29, 1.82) is 0 Å². The van der Waals surface area contributed by atoms with Gasteiger partial charge in [-0.25, -0.2) is 4.98 Å². The largest absolute Gasteiger partial charge is 0.493 e. The minimum absolute atomic E-state index is 0.209. The van der Waals surface area contributed by atoms with E-state index in [0.29, 0.717) is 56.7 Å². The molecule has 0 aliphatic carbocycles. The molecule has 8 nitrogen and oxygen atoms in total. The van der Waals surface area contributed by atoms with E-state index in [9.17, 15) is 4.79 Å². The van der Waals surface area contributed by atoms with Crippen LogP contribution in [0.25, 0.3) is 10.9 Å². The maximum atomic E-state index is 13.1. The van der Waals surface area contributed by atoms with Crippen LogP contribution in [0.1, 0.15) is 23.9 Å². The predicted molar refractivity (Wildman–Crippen MR) is 141 cm³/mol. The Labute approximate surface area is 220 Å². The minimum Gasteiger partial charge on any atom is -0.493 e. The summed E-state index contributed by atoms with van der Waals surface area (Å²) in [6, 6.07) is 14.4. The number of fused-ring (bicyclic) bond motifs is 2. The first kappa shape index (κ1) is 24.1. The molecule has 0 unspecified atom stereocenters. The number of aromatic nitrogens is 2. The summed E-state index contributed by atoms with van der Waals surface area (Å²) in [5.41, 5.74) is 1.90. The van der Waals surface area contributed by atoms with Gasteiger partial charge in [-0.2, -0.15) is 9.78 Å². The molecule has 3 aromatic carbocycles. The second-order valence-electron chi connectivity index (χ2n) is 7.91. The van der Waals surface area contributed by atoms with Gasteiger partial charge in [0.1, 0.15) is 12.4 Å². The summed E-state index contributed by atoms with van der Waals surface area (Å²) in [4.78, 5) is 17.7. The molecule has 0 N–H and O–H groups in total. The Bertz CT molecular complexity index is 1550. The van der Waals surface area contributed by atoms with Crippen LogP contribution in [0.4, 0.5) is 0 Å². The van der Waals surface area contributed by atoms with Gasteiger partial charge < -0.3 is 18.9 Å². The third-order valence-corrected chi connectivity index (χ3v) is 6.36. The number of methoxy groups -OCH3 is 1. The van der Waals surface area contributed by atoms with Crippen molar-refractivity contribution in [3.63, 3.8) is 0 Å². The topological polar surface area (TPSA) is 84.2 Å². The van der Waals surface area contributed by atoms with Gasteiger partial charge in [0, 0.05) is 10.9 Å². The summed E-state index contributed by atoms with van der Waals surface area (Å²) in [5, 5.41) is 5.24. The van der Waals surface area contributed by atoms with Crippen LogP contribution in [0.5, 0.6) is 23.0 Å². The van der Waals surface area contributed by atoms with Crippen molar-refractivity contribution in [2.75, 3.05) is 13.9 Å². The first-order valence-corrected chi connectivity index (χ1v) is 12.3. The number of ether oxygens (including phenoxy) is 4. The van der Waals surface area contributed by atoms with Gasteiger partial charge in [0.25, 0.3) is 5.56 Å². The summed E-state index contributed by atoms with van der Waals surface area (Å²) in [6.45, 7) is 2.39. The van der Waals surface area contributed by atoms with E-state index in [0.717, 1.165) is 10.0 Å². The molecule has 1 aliphatic heterocycles. The van der Waals surface area contributed by atoms with E-state index in [2.05, 4.69) is 26.0 Å². The van der Waals surface area contributed by atoms with Crippen molar-refractivity contribution < 1.29 is 18.9 Å². The first-order valence-electron chi connectivity index (χ1n) is 11.1. The standard InChI is InChI=1S/C26H21BrClN3O5/c1-3-24-30-20-6-5-17(27)11-18(20)26(32)31(24)29-12-16-8-19(28)25(23(10-16)33-2)34-13-15-4-7-21-22(9-15)36-14-35-21/h4-12H,3,13-14H2,1-2H3. The highest BCUT2D eigenvalue weighted by molar-refractivity contribution is 9.10.